The smallest absolute Gasteiger partial charge is 0.282 e. The molecule has 2 aromatic carbocycles. The fourth-order valence-corrected chi connectivity index (χ4v) is 2.98. The van der Waals surface area contributed by atoms with Crippen LogP contribution in [0.4, 0.5) is 5.69 Å². The van der Waals surface area contributed by atoms with Crippen LogP contribution in [0, 0.1) is 0 Å². The van der Waals surface area contributed by atoms with Crippen molar-refractivity contribution in [3.8, 4) is 5.75 Å². The van der Waals surface area contributed by atoms with Crippen LogP contribution in [0.25, 0.3) is 6.08 Å². The van der Waals surface area contributed by atoms with Gasteiger partial charge in [-0.15, -0.1) is 0 Å². The Balaban J connectivity index is 1.84. The van der Waals surface area contributed by atoms with Crippen molar-refractivity contribution in [3.63, 3.8) is 0 Å². The van der Waals surface area contributed by atoms with Crippen LogP contribution in [0.1, 0.15) is 25.8 Å². The molecule has 0 aromatic heterocycles. The Morgan fingerprint density at radius 2 is 1.92 bits per heavy atom. The van der Waals surface area contributed by atoms with E-state index in [0.717, 1.165) is 22.2 Å². The van der Waals surface area contributed by atoms with Gasteiger partial charge in [0.2, 0.25) is 0 Å². The molecule has 1 aliphatic rings. The van der Waals surface area contributed by atoms with E-state index in [1.807, 2.05) is 43.3 Å². The predicted molar refractivity (Wildman–Crippen MR) is 105 cm³/mol. The molecular formula is C20H19BrN2O3. The standard InChI is InChI=1S/C20H19BrN2O3/c1-3-13(2)26-18-10-9-14(12-17(18)21)11-16-19(24)22-23(20(16)25)15-7-5-4-6-8-15/h4-13H,3H2,1-2H3,(H,22,24)/b16-11-/t13-/m1/s1. The van der Waals surface area contributed by atoms with E-state index in [4.69, 9.17) is 4.74 Å². The fourth-order valence-electron chi connectivity index (χ4n) is 2.49. The van der Waals surface area contributed by atoms with Crippen LogP contribution in [0.15, 0.2) is 58.6 Å². The molecular weight excluding hydrogens is 396 g/mol. The van der Waals surface area contributed by atoms with E-state index in [2.05, 4.69) is 28.3 Å². The summed E-state index contributed by atoms with van der Waals surface area (Å²) in [6.07, 6.45) is 2.60. The topological polar surface area (TPSA) is 58.6 Å². The minimum Gasteiger partial charge on any atom is -0.490 e. The Hall–Kier alpha value is -2.60. The van der Waals surface area contributed by atoms with Gasteiger partial charge < -0.3 is 4.74 Å². The van der Waals surface area contributed by atoms with Gasteiger partial charge in [0.1, 0.15) is 11.3 Å². The van der Waals surface area contributed by atoms with Gasteiger partial charge in [-0.1, -0.05) is 31.2 Å². The van der Waals surface area contributed by atoms with Gasteiger partial charge in [0.05, 0.1) is 16.3 Å². The average molecular weight is 415 g/mol. The average Bonchev–Trinajstić information content (AvgIpc) is 2.92. The molecule has 1 saturated heterocycles. The second kappa shape index (κ2) is 7.74. The van der Waals surface area contributed by atoms with Crippen LogP contribution in [0.3, 0.4) is 0 Å². The van der Waals surface area contributed by atoms with E-state index < -0.39 is 5.91 Å². The highest BCUT2D eigenvalue weighted by Crippen LogP contribution is 2.29. The van der Waals surface area contributed by atoms with Crippen molar-refractivity contribution in [2.75, 3.05) is 5.01 Å². The molecule has 134 valence electrons. The molecule has 0 saturated carbocycles. The molecule has 0 bridgehead atoms. The lowest BCUT2D eigenvalue weighted by Crippen LogP contribution is -2.35. The van der Waals surface area contributed by atoms with E-state index in [0.29, 0.717) is 5.69 Å². The second-order valence-electron chi connectivity index (χ2n) is 6.00. The lowest BCUT2D eigenvalue weighted by Gasteiger charge is -2.14. The summed E-state index contributed by atoms with van der Waals surface area (Å²) in [6, 6.07) is 14.5. The number of hydrazine groups is 1. The summed E-state index contributed by atoms with van der Waals surface area (Å²) >= 11 is 3.48. The van der Waals surface area contributed by atoms with Gasteiger partial charge in [-0.3, -0.25) is 15.0 Å². The Bertz CT molecular complexity index is 865. The minimum absolute atomic E-state index is 0.0938. The molecule has 2 aromatic rings. The first-order valence-corrected chi connectivity index (χ1v) is 9.17. The molecule has 1 N–H and O–H groups in total. The van der Waals surface area contributed by atoms with Crippen molar-refractivity contribution in [1.82, 2.24) is 5.43 Å². The molecule has 0 aliphatic carbocycles. The summed E-state index contributed by atoms with van der Waals surface area (Å²) in [5.74, 6) is -0.0678. The third-order valence-electron chi connectivity index (χ3n) is 4.08. The molecule has 0 spiro atoms. The lowest BCUT2D eigenvalue weighted by atomic mass is 10.1. The summed E-state index contributed by atoms with van der Waals surface area (Å²) in [6.45, 7) is 4.06. The number of halogens is 1. The number of para-hydroxylation sites is 1. The first-order valence-electron chi connectivity index (χ1n) is 8.38. The van der Waals surface area contributed by atoms with Crippen molar-refractivity contribution in [3.05, 3.63) is 64.1 Å². The number of nitrogens with zero attached hydrogens (tertiary/aromatic N) is 1. The Labute approximate surface area is 160 Å². The fraction of sp³-hybridized carbons (Fsp3) is 0.200. The van der Waals surface area contributed by atoms with Crippen molar-refractivity contribution in [2.24, 2.45) is 0 Å². The number of anilines is 1. The Morgan fingerprint density at radius 1 is 1.19 bits per heavy atom. The highest BCUT2D eigenvalue weighted by atomic mass is 79.9. The van der Waals surface area contributed by atoms with E-state index in [9.17, 15) is 9.59 Å². The quantitative estimate of drug-likeness (QED) is 0.591. The largest absolute Gasteiger partial charge is 0.490 e. The molecule has 0 radical (unpaired) electrons. The van der Waals surface area contributed by atoms with Crippen LogP contribution in [0.5, 0.6) is 5.75 Å². The number of hydrogen-bond acceptors (Lipinski definition) is 3. The van der Waals surface area contributed by atoms with Gasteiger partial charge in [-0.05, 0) is 65.2 Å². The normalized spacial score (nSPS) is 16.7. The first-order chi connectivity index (χ1) is 12.5. The Kier molecular flexibility index (Phi) is 5.42. The summed E-state index contributed by atoms with van der Waals surface area (Å²) in [5, 5.41) is 1.25. The van der Waals surface area contributed by atoms with Crippen LogP contribution >= 0.6 is 15.9 Å². The number of rotatable bonds is 5. The molecule has 3 rings (SSSR count). The maximum atomic E-state index is 12.6. The van der Waals surface area contributed by atoms with Crippen molar-refractivity contribution >= 4 is 39.5 Å². The number of ether oxygens (including phenoxy) is 1. The third kappa shape index (κ3) is 3.80. The Morgan fingerprint density at radius 3 is 2.58 bits per heavy atom. The summed E-state index contributed by atoms with van der Waals surface area (Å²) in [5.41, 5.74) is 4.04. The first kappa shape index (κ1) is 18.2. The molecule has 6 heteroatoms. The van der Waals surface area contributed by atoms with Crippen molar-refractivity contribution in [1.29, 1.82) is 0 Å². The molecule has 0 unspecified atom stereocenters. The van der Waals surface area contributed by atoms with Gasteiger partial charge in [-0.2, -0.15) is 0 Å². The third-order valence-corrected chi connectivity index (χ3v) is 4.70. The summed E-state index contributed by atoms with van der Waals surface area (Å²) in [4.78, 5) is 24.8. The predicted octanol–water partition coefficient (Wildman–Crippen LogP) is 4.09. The SMILES string of the molecule is CC[C@@H](C)Oc1ccc(/C=C2/C(=O)NN(c3ccccc3)C2=O)cc1Br. The van der Waals surface area contributed by atoms with Crippen LogP contribution < -0.4 is 15.2 Å². The van der Waals surface area contributed by atoms with E-state index >= 15 is 0 Å². The zero-order valence-corrected chi connectivity index (χ0v) is 16.1. The van der Waals surface area contributed by atoms with Gasteiger partial charge in [0, 0.05) is 0 Å². The second-order valence-corrected chi connectivity index (χ2v) is 6.86. The molecule has 26 heavy (non-hydrogen) atoms. The van der Waals surface area contributed by atoms with Gasteiger partial charge in [0.15, 0.2) is 0 Å². The summed E-state index contributed by atoms with van der Waals surface area (Å²) in [7, 11) is 0. The molecule has 1 fully saturated rings. The van der Waals surface area contributed by atoms with Crippen LogP contribution in [-0.4, -0.2) is 17.9 Å². The molecule has 1 aliphatic heterocycles. The minimum atomic E-state index is -0.421. The zero-order chi connectivity index (χ0) is 18.7. The molecule has 1 heterocycles. The van der Waals surface area contributed by atoms with Crippen LogP contribution in [-0.2, 0) is 9.59 Å². The van der Waals surface area contributed by atoms with Gasteiger partial charge in [-0.25, -0.2) is 5.01 Å². The summed E-state index contributed by atoms with van der Waals surface area (Å²) < 4.78 is 6.59. The van der Waals surface area contributed by atoms with Gasteiger partial charge >= 0.3 is 0 Å². The molecule has 2 amide bonds. The van der Waals surface area contributed by atoms with Gasteiger partial charge in [0.25, 0.3) is 11.8 Å². The molecule has 1 atom stereocenters. The van der Waals surface area contributed by atoms with Crippen molar-refractivity contribution < 1.29 is 14.3 Å². The zero-order valence-electron chi connectivity index (χ0n) is 14.5. The van der Waals surface area contributed by atoms with E-state index in [1.165, 1.54) is 5.01 Å². The monoisotopic (exact) mass is 414 g/mol. The maximum absolute atomic E-state index is 12.6. The number of carbonyl (C=O) groups excluding carboxylic acids is 2. The highest BCUT2D eigenvalue weighted by Gasteiger charge is 2.34. The number of carbonyl (C=O) groups is 2. The number of nitrogens with one attached hydrogen (secondary N) is 1. The van der Waals surface area contributed by atoms with E-state index in [1.54, 1.807) is 18.2 Å². The van der Waals surface area contributed by atoms with E-state index in [-0.39, 0.29) is 17.6 Å². The van der Waals surface area contributed by atoms with Crippen LogP contribution in [0.2, 0.25) is 0 Å². The lowest BCUT2D eigenvalue weighted by molar-refractivity contribution is -0.117. The number of benzene rings is 2. The highest BCUT2D eigenvalue weighted by molar-refractivity contribution is 9.10. The number of hydrogen-bond donors (Lipinski definition) is 1. The maximum Gasteiger partial charge on any atom is 0.282 e. The van der Waals surface area contributed by atoms with Crippen molar-refractivity contribution in [2.45, 2.75) is 26.4 Å². The molecule has 5 nitrogen and oxygen atoms in total. The number of amides is 2.